The van der Waals surface area contributed by atoms with Crippen molar-refractivity contribution >= 4 is 5.78 Å². The Morgan fingerprint density at radius 1 is 1.22 bits per heavy atom. The predicted molar refractivity (Wildman–Crippen MR) is 75.8 cm³/mol. The average molecular weight is 244 g/mol. The van der Waals surface area contributed by atoms with Crippen molar-refractivity contribution < 1.29 is 4.79 Å². The van der Waals surface area contributed by atoms with Gasteiger partial charge in [-0.25, -0.2) is 0 Å². The molecule has 1 nitrogen and oxygen atoms in total. The summed E-state index contributed by atoms with van der Waals surface area (Å²) in [7, 11) is 0. The van der Waals surface area contributed by atoms with Gasteiger partial charge in [-0.15, -0.1) is 0 Å². The van der Waals surface area contributed by atoms with Crippen LogP contribution in [0.1, 0.15) is 56.0 Å². The van der Waals surface area contributed by atoms with E-state index in [1.54, 1.807) is 0 Å². The van der Waals surface area contributed by atoms with Crippen LogP contribution in [0, 0.1) is 17.8 Å². The van der Waals surface area contributed by atoms with Crippen LogP contribution < -0.4 is 0 Å². The van der Waals surface area contributed by atoms with Crippen molar-refractivity contribution in [3.8, 4) is 0 Å². The summed E-state index contributed by atoms with van der Waals surface area (Å²) in [6.07, 6.45) is 4.59. The SMILES string of the molecule is CC(C)Cc1ccc(C(=O)C2CCCC2C)cc1. The number of carbonyl (C=O) groups excluding carboxylic acids is 1. The number of hydrogen-bond donors (Lipinski definition) is 0. The molecule has 2 unspecified atom stereocenters. The summed E-state index contributed by atoms with van der Waals surface area (Å²) in [6, 6.07) is 8.27. The van der Waals surface area contributed by atoms with E-state index in [-0.39, 0.29) is 5.92 Å². The third-order valence-electron chi connectivity index (χ3n) is 4.08. The van der Waals surface area contributed by atoms with E-state index in [4.69, 9.17) is 0 Å². The van der Waals surface area contributed by atoms with Crippen LogP contribution in [-0.4, -0.2) is 5.78 Å². The number of ketones is 1. The van der Waals surface area contributed by atoms with Crippen LogP contribution in [0.4, 0.5) is 0 Å². The summed E-state index contributed by atoms with van der Waals surface area (Å²) in [5.41, 5.74) is 2.24. The molecule has 0 radical (unpaired) electrons. The molecule has 0 saturated heterocycles. The van der Waals surface area contributed by atoms with Gasteiger partial charge in [-0.2, -0.15) is 0 Å². The van der Waals surface area contributed by atoms with Gasteiger partial charge < -0.3 is 0 Å². The molecule has 1 aliphatic rings. The number of hydrogen-bond acceptors (Lipinski definition) is 1. The summed E-state index contributed by atoms with van der Waals surface area (Å²) < 4.78 is 0. The zero-order valence-electron chi connectivity index (χ0n) is 11.8. The van der Waals surface area contributed by atoms with E-state index in [0.717, 1.165) is 18.4 Å². The van der Waals surface area contributed by atoms with Gasteiger partial charge in [0.15, 0.2) is 5.78 Å². The fraction of sp³-hybridized carbons (Fsp3) is 0.588. The molecule has 2 rings (SSSR count). The van der Waals surface area contributed by atoms with E-state index in [2.05, 4.69) is 32.9 Å². The molecule has 98 valence electrons. The van der Waals surface area contributed by atoms with Gasteiger partial charge in [-0.3, -0.25) is 4.79 Å². The quantitative estimate of drug-likeness (QED) is 0.712. The maximum atomic E-state index is 12.4. The lowest BCUT2D eigenvalue weighted by Gasteiger charge is -2.14. The summed E-state index contributed by atoms with van der Waals surface area (Å²) in [5, 5.41) is 0. The summed E-state index contributed by atoms with van der Waals surface area (Å²) in [5.74, 6) is 1.85. The highest BCUT2D eigenvalue weighted by atomic mass is 16.1. The highest BCUT2D eigenvalue weighted by molar-refractivity contribution is 5.98. The molecule has 0 heterocycles. The molecule has 0 bridgehead atoms. The zero-order valence-corrected chi connectivity index (χ0v) is 11.8. The minimum atomic E-state index is 0.265. The summed E-state index contributed by atoms with van der Waals surface area (Å²) in [6.45, 7) is 6.65. The fourth-order valence-electron chi connectivity index (χ4n) is 3.03. The topological polar surface area (TPSA) is 17.1 Å². The highest BCUT2D eigenvalue weighted by Crippen LogP contribution is 2.33. The predicted octanol–water partition coefficient (Wildman–Crippen LogP) is 4.50. The molecule has 0 aromatic heterocycles. The Labute approximate surface area is 111 Å². The molecule has 1 aliphatic carbocycles. The Bertz CT molecular complexity index is 402. The first-order valence-corrected chi connectivity index (χ1v) is 7.21. The smallest absolute Gasteiger partial charge is 0.166 e. The van der Waals surface area contributed by atoms with E-state index in [0.29, 0.717) is 17.6 Å². The maximum absolute atomic E-state index is 12.4. The second kappa shape index (κ2) is 5.69. The second-order valence-corrected chi connectivity index (χ2v) is 6.17. The molecule has 1 fully saturated rings. The second-order valence-electron chi connectivity index (χ2n) is 6.17. The van der Waals surface area contributed by atoms with Crippen LogP contribution in [0.15, 0.2) is 24.3 Å². The monoisotopic (exact) mass is 244 g/mol. The molecule has 1 aromatic rings. The molecular weight excluding hydrogens is 220 g/mol. The normalized spacial score (nSPS) is 23.6. The summed E-state index contributed by atoms with van der Waals surface area (Å²) in [4.78, 5) is 12.4. The van der Waals surface area contributed by atoms with Gasteiger partial charge in [0.2, 0.25) is 0 Å². The van der Waals surface area contributed by atoms with E-state index < -0.39 is 0 Å². The lowest BCUT2D eigenvalue weighted by Crippen LogP contribution is -2.17. The van der Waals surface area contributed by atoms with Crippen molar-refractivity contribution in [1.82, 2.24) is 0 Å². The lowest BCUT2D eigenvalue weighted by molar-refractivity contribution is 0.0897. The molecule has 0 spiro atoms. The number of Topliss-reactive ketones (excluding diaryl/α,β-unsaturated/α-hetero) is 1. The molecule has 0 N–H and O–H groups in total. The van der Waals surface area contributed by atoms with Crippen LogP contribution in [-0.2, 0) is 6.42 Å². The Kier molecular flexibility index (Phi) is 4.21. The van der Waals surface area contributed by atoms with Gasteiger partial charge in [-0.1, -0.05) is 51.5 Å². The minimum Gasteiger partial charge on any atom is -0.294 e. The lowest BCUT2D eigenvalue weighted by atomic mass is 9.89. The molecular formula is C17H24O. The van der Waals surface area contributed by atoms with E-state index in [9.17, 15) is 4.79 Å². The van der Waals surface area contributed by atoms with Crippen molar-refractivity contribution in [2.45, 2.75) is 46.5 Å². The summed E-state index contributed by atoms with van der Waals surface area (Å²) >= 11 is 0. The maximum Gasteiger partial charge on any atom is 0.166 e. The average Bonchev–Trinajstić information content (AvgIpc) is 2.75. The van der Waals surface area contributed by atoms with Crippen molar-refractivity contribution in [2.75, 3.05) is 0 Å². The molecule has 18 heavy (non-hydrogen) atoms. The Hall–Kier alpha value is -1.11. The molecule has 1 aromatic carbocycles. The fourth-order valence-corrected chi connectivity index (χ4v) is 3.03. The number of carbonyl (C=O) groups is 1. The van der Waals surface area contributed by atoms with Gasteiger partial charge in [0.25, 0.3) is 0 Å². The largest absolute Gasteiger partial charge is 0.294 e. The molecule has 0 aliphatic heterocycles. The van der Waals surface area contributed by atoms with Crippen molar-refractivity contribution in [3.05, 3.63) is 35.4 Å². The van der Waals surface area contributed by atoms with Crippen LogP contribution >= 0.6 is 0 Å². The Morgan fingerprint density at radius 2 is 1.89 bits per heavy atom. The third-order valence-corrected chi connectivity index (χ3v) is 4.08. The van der Waals surface area contributed by atoms with Crippen LogP contribution in [0.3, 0.4) is 0 Å². The molecule has 2 atom stereocenters. The Morgan fingerprint density at radius 3 is 2.39 bits per heavy atom. The molecule has 1 saturated carbocycles. The number of benzene rings is 1. The van der Waals surface area contributed by atoms with Crippen LogP contribution in [0.2, 0.25) is 0 Å². The van der Waals surface area contributed by atoms with Crippen LogP contribution in [0.25, 0.3) is 0 Å². The molecule has 1 heteroatoms. The zero-order chi connectivity index (χ0) is 13.1. The third kappa shape index (κ3) is 3.01. The van der Waals surface area contributed by atoms with Gasteiger partial charge in [0, 0.05) is 11.5 Å². The van der Waals surface area contributed by atoms with Crippen molar-refractivity contribution in [3.63, 3.8) is 0 Å². The van der Waals surface area contributed by atoms with E-state index >= 15 is 0 Å². The molecule has 0 amide bonds. The van der Waals surface area contributed by atoms with Gasteiger partial charge in [-0.05, 0) is 36.7 Å². The Balaban J connectivity index is 2.07. The first kappa shape index (κ1) is 13.3. The van der Waals surface area contributed by atoms with E-state index in [1.165, 1.54) is 18.4 Å². The number of rotatable bonds is 4. The van der Waals surface area contributed by atoms with Crippen LogP contribution in [0.5, 0.6) is 0 Å². The van der Waals surface area contributed by atoms with Gasteiger partial charge in [0.05, 0.1) is 0 Å². The van der Waals surface area contributed by atoms with Crippen molar-refractivity contribution in [2.24, 2.45) is 17.8 Å². The minimum absolute atomic E-state index is 0.265. The highest BCUT2D eigenvalue weighted by Gasteiger charge is 2.30. The van der Waals surface area contributed by atoms with Gasteiger partial charge in [0.1, 0.15) is 0 Å². The van der Waals surface area contributed by atoms with Gasteiger partial charge >= 0.3 is 0 Å². The van der Waals surface area contributed by atoms with E-state index in [1.807, 2.05) is 12.1 Å². The first-order valence-electron chi connectivity index (χ1n) is 7.21. The first-order chi connectivity index (χ1) is 8.58. The van der Waals surface area contributed by atoms with Crippen molar-refractivity contribution in [1.29, 1.82) is 0 Å². The standard InChI is InChI=1S/C17H24O/c1-12(2)11-14-7-9-15(10-8-14)17(18)16-6-4-5-13(16)3/h7-10,12-13,16H,4-6,11H2,1-3H3.